The van der Waals surface area contributed by atoms with Gasteiger partial charge in [0.05, 0.1) is 0 Å². The van der Waals surface area contributed by atoms with Crippen molar-refractivity contribution in [2.24, 2.45) is 0 Å². The van der Waals surface area contributed by atoms with Crippen LogP contribution in [0.15, 0.2) is 9.95 Å². The zero-order chi connectivity index (χ0) is 11.1. The van der Waals surface area contributed by atoms with Gasteiger partial charge in [-0.05, 0) is 13.0 Å². The average Bonchev–Trinajstić information content (AvgIpc) is 2.57. The molecule has 0 atom stereocenters. The fourth-order valence-corrected chi connectivity index (χ4v) is 2.09. The van der Waals surface area contributed by atoms with Crippen LogP contribution in [0.4, 0.5) is 0 Å². The standard InChI is InChI=1S/C9H18N4OS/c1-3-6-13-8(14)11-12-9(13)15-7-5-10-4-2/h10H,3-7H2,1-2H3,(H,11,14). The van der Waals surface area contributed by atoms with E-state index in [9.17, 15) is 4.79 Å². The van der Waals surface area contributed by atoms with E-state index in [1.165, 1.54) is 0 Å². The second-order valence-electron chi connectivity index (χ2n) is 3.16. The zero-order valence-corrected chi connectivity index (χ0v) is 10.1. The van der Waals surface area contributed by atoms with Gasteiger partial charge in [-0.1, -0.05) is 25.6 Å². The smallest absolute Gasteiger partial charge is 0.316 e. The summed E-state index contributed by atoms with van der Waals surface area (Å²) in [5.74, 6) is 0.932. The van der Waals surface area contributed by atoms with Crippen LogP contribution in [0.1, 0.15) is 20.3 Å². The molecule has 0 bridgehead atoms. The highest BCUT2D eigenvalue weighted by atomic mass is 32.2. The molecule has 0 aliphatic carbocycles. The van der Waals surface area contributed by atoms with Gasteiger partial charge in [-0.25, -0.2) is 9.89 Å². The van der Waals surface area contributed by atoms with E-state index in [2.05, 4.69) is 22.4 Å². The Morgan fingerprint density at radius 3 is 3.00 bits per heavy atom. The average molecular weight is 230 g/mol. The first-order valence-corrected chi connectivity index (χ1v) is 6.26. The monoisotopic (exact) mass is 230 g/mol. The van der Waals surface area contributed by atoms with Crippen molar-refractivity contribution in [3.63, 3.8) is 0 Å². The van der Waals surface area contributed by atoms with Crippen molar-refractivity contribution in [1.82, 2.24) is 20.1 Å². The molecular formula is C9H18N4OS. The van der Waals surface area contributed by atoms with Gasteiger partial charge in [0, 0.05) is 18.8 Å². The zero-order valence-electron chi connectivity index (χ0n) is 9.25. The van der Waals surface area contributed by atoms with Crippen molar-refractivity contribution in [2.75, 3.05) is 18.8 Å². The maximum absolute atomic E-state index is 11.3. The lowest BCUT2D eigenvalue weighted by molar-refractivity contribution is 0.603. The summed E-state index contributed by atoms with van der Waals surface area (Å²) < 4.78 is 1.69. The lowest BCUT2D eigenvalue weighted by Crippen LogP contribution is -2.18. The molecule has 5 nitrogen and oxygen atoms in total. The molecule has 0 spiro atoms. The third-order valence-electron chi connectivity index (χ3n) is 1.93. The van der Waals surface area contributed by atoms with Crippen molar-refractivity contribution in [3.8, 4) is 0 Å². The van der Waals surface area contributed by atoms with Gasteiger partial charge in [-0.3, -0.25) is 4.57 Å². The van der Waals surface area contributed by atoms with Gasteiger partial charge in [0.15, 0.2) is 5.16 Å². The van der Waals surface area contributed by atoms with Gasteiger partial charge in [-0.15, -0.1) is 5.10 Å². The van der Waals surface area contributed by atoms with Gasteiger partial charge in [0.25, 0.3) is 0 Å². The normalized spacial score (nSPS) is 10.8. The first-order chi connectivity index (χ1) is 7.29. The molecule has 86 valence electrons. The minimum atomic E-state index is -0.109. The third kappa shape index (κ3) is 3.71. The van der Waals surface area contributed by atoms with Crippen LogP contribution in [-0.4, -0.2) is 33.6 Å². The fraction of sp³-hybridized carbons (Fsp3) is 0.778. The predicted molar refractivity (Wildman–Crippen MR) is 62.4 cm³/mol. The maximum atomic E-state index is 11.3. The molecule has 1 aromatic rings. The van der Waals surface area contributed by atoms with Crippen molar-refractivity contribution in [2.45, 2.75) is 32.0 Å². The molecule has 15 heavy (non-hydrogen) atoms. The second kappa shape index (κ2) is 6.68. The summed E-state index contributed by atoms with van der Waals surface area (Å²) >= 11 is 1.61. The van der Waals surface area contributed by atoms with E-state index in [1.54, 1.807) is 16.3 Å². The third-order valence-corrected chi connectivity index (χ3v) is 2.91. The van der Waals surface area contributed by atoms with Crippen LogP contribution in [0.5, 0.6) is 0 Å². The van der Waals surface area contributed by atoms with Crippen LogP contribution >= 0.6 is 11.8 Å². The minimum absolute atomic E-state index is 0.109. The van der Waals surface area contributed by atoms with E-state index in [0.717, 1.165) is 37.0 Å². The molecule has 0 saturated carbocycles. The van der Waals surface area contributed by atoms with Crippen molar-refractivity contribution in [1.29, 1.82) is 0 Å². The van der Waals surface area contributed by atoms with Crippen LogP contribution in [-0.2, 0) is 6.54 Å². The van der Waals surface area contributed by atoms with Crippen LogP contribution in [0.25, 0.3) is 0 Å². The number of hydrogen-bond acceptors (Lipinski definition) is 4. The fourth-order valence-electron chi connectivity index (χ4n) is 1.23. The van der Waals surface area contributed by atoms with E-state index in [0.29, 0.717) is 0 Å². The Morgan fingerprint density at radius 2 is 2.33 bits per heavy atom. The highest BCUT2D eigenvalue weighted by Crippen LogP contribution is 2.11. The predicted octanol–water partition coefficient (Wildman–Crippen LogP) is 0.683. The number of aromatic amines is 1. The summed E-state index contributed by atoms with van der Waals surface area (Å²) in [5, 5.41) is 10.5. The number of nitrogens with zero attached hydrogens (tertiary/aromatic N) is 2. The molecule has 0 radical (unpaired) electrons. The Bertz CT molecular complexity index is 333. The van der Waals surface area contributed by atoms with Gasteiger partial charge < -0.3 is 5.32 Å². The molecule has 0 aromatic carbocycles. The lowest BCUT2D eigenvalue weighted by atomic mass is 10.5. The Morgan fingerprint density at radius 1 is 1.53 bits per heavy atom. The molecule has 1 heterocycles. The molecule has 1 rings (SSSR count). The number of rotatable bonds is 7. The van der Waals surface area contributed by atoms with Crippen LogP contribution in [0.3, 0.4) is 0 Å². The SMILES string of the molecule is CCCn1c(SCCNCC)n[nH]c1=O. The Labute approximate surface area is 93.6 Å². The summed E-state index contributed by atoms with van der Waals surface area (Å²) in [6, 6.07) is 0. The van der Waals surface area contributed by atoms with Gasteiger partial charge >= 0.3 is 5.69 Å². The summed E-state index contributed by atoms with van der Waals surface area (Å²) in [7, 11) is 0. The molecular weight excluding hydrogens is 212 g/mol. The number of aromatic nitrogens is 3. The van der Waals surface area contributed by atoms with E-state index in [1.807, 2.05) is 6.92 Å². The Balaban J connectivity index is 2.49. The first kappa shape index (κ1) is 12.3. The minimum Gasteiger partial charge on any atom is -0.316 e. The molecule has 0 saturated heterocycles. The molecule has 0 aliphatic rings. The van der Waals surface area contributed by atoms with Gasteiger partial charge in [0.1, 0.15) is 0 Å². The summed E-state index contributed by atoms with van der Waals surface area (Å²) in [5.41, 5.74) is -0.109. The summed E-state index contributed by atoms with van der Waals surface area (Å²) in [4.78, 5) is 11.3. The second-order valence-corrected chi connectivity index (χ2v) is 4.23. The number of H-pyrrole nitrogens is 1. The highest BCUT2D eigenvalue weighted by Gasteiger charge is 2.06. The quantitative estimate of drug-likeness (QED) is 0.534. The van der Waals surface area contributed by atoms with Crippen LogP contribution in [0.2, 0.25) is 0 Å². The molecule has 0 amide bonds. The first-order valence-electron chi connectivity index (χ1n) is 5.28. The molecule has 0 unspecified atom stereocenters. The molecule has 6 heteroatoms. The molecule has 0 fully saturated rings. The van der Waals surface area contributed by atoms with Crippen LogP contribution in [0, 0.1) is 0 Å². The van der Waals surface area contributed by atoms with Crippen LogP contribution < -0.4 is 11.0 Å². The van der Waals surface area contributed by atoms with E-state index in [4.69, 9.17) is 0 Å². The summed E-state index contributed by atoms with van der Waals surface area (Å²) in [6.45, 7) is 6.77. The van der Waals surface area contributed by atoms with E-state index < -0.39 is 0 Å². The highest BCUT2D eigenvalue weighted by molar-refractivity contribution is 7.99. The van der Waals surface area contributed by atoms with Gasteiger partial charge in [0.2, 0.25) is 0 Å². The van der Waals surface area contributed by atoms with Crippen molar-refractivity contribution >= 4 is 11.8 Å². The molecule has 0 aliphatic heterocycles. The van der Waals surface area contributed by atoms with Crippen molar-refractivity contribution in [3.05, 3.63) is 10.5 Å². The molecule has 2 N–H and O–H groups in total. The number of hydrogen-bond donors (Lipinski definition) is 2. The summed E-state index contributed by atoms with van der Waals surface area (Å²) in [6.07, 6.45) is 0.945. The topological polar surface area (TPSA) is 62.7 Å². The number of nitrogens with one attached hydrogen (secondary N) is 2. The Hall–Kier alpha value is -0.750. The van der Waals surface area contributed by atoms with E-state index >= 15 is 0 Å². The molecule has 1 aromatic heterocycles. The van der Waals surface area contributed by atoms with E-state index in [-0.39, 0.29) is 5.69 Å². The number of thioether (sulfide) groups is 1. The van der Waals surface area contributed by atoms with Crippen molar-refractivity contribution < 1.29 is 0 Å². The van der Waals surface area contributed by atoms with Gasteiger partial charge in [-0.2, -0.15) is 0 Å². The largest absolute Gasteiger partial charge is 0.343 e. The Kier molecular flexibility index (Phi) is 5.49. The lowest BCUT2D eigenvalue weighted by Gasteiger charge is -2.03. The maximum Gasteiger partial charge on any atom is 0.343 e.